The third-order valence-corrected chi connectivity index (χ3v) is 4.76. The molecule has 0 spiro atoms. The molecule has 0 heterocycles. The van der Waals surface area contributed by atoms with Gasteiger partial charge in [-0.3, -0.25) is 0 Å². The van der Waals surface area contributed by atoms with Gasteiger partial charge in [-0.2, -0.15) is 0 Å². The highest BCUT2D eigenvalue weighted by atomic mass is 16.5. The number of ether oxygens (including phenoxy) is 2. The number of hydrogen-bond acceptors (Lipinski definition) is 3. The molecule has 4 heteroatoms. The van der Waals surface area contributed by atoms with E-state index < -0.39 is 12.1 Å². The molecule has 0 aliphatic heterocycles. The van der Waals surface area contributed by atoms with Crippen molar-refractivity contribution >= 4 is 5.97 Å². The Bertz CT molecular complexity index is 461. The molecule has 1 N–H and O–H groups in total. The lowest BCUT2D eigenvalue weighted by atomic mass is 10.0. The van der Waals surface area contributed by atoms with E-state index in [2.05, 4.69) is 6.92 Å². The number of unbranched alkanes of at least 4 members (excludes halogenated alkanes) is 10. The first-order chi connectivity index (χ1) is 13.2. The lowest BCUT2D eigenvalue weighted by Crippen LogP contribution is -2.26. The maximum atomic E-state index is 11.3. The average Bonchev–Trinajstić information content (AvgIpc) is 2.68. The number of para-hydroxylation sites is 1. The summed E-state index contributed by atoms with van der Waals surface area (Å²) in [6, 6.07) is 9.49. The first-order valence-electron chi connectivity index (χ1n) is 10.8. The number of carboxylic acid groups (broad SMARTS) is 1. The summed E-state index contributed by atoms with van der Waals surface area (Å²) >= 11 is 0. The SMILES string of the molecule is CCCCCCCCCCCCCC(OCCOc1ccccc1)C(=O)O. The van der Waals surface area contributed by atoms with Crippen LogP contribution in [-0.4, -0.2) is 30.4 Å². The van der Waals surface area contributed by atoms with Crippen molar-refractivity contribution in [3.63, 3.8) is 0 Å². The highest BCUT2D eigenvalue weighted by Crippen LogP contribution is 2.14. The highest BCUT2D eigenvalue weighted by Gasteiger charge is 2.17. The third kappa shape index (κ3) is 13.3. The maximum Gasteiger partial charge on any atom is 0.332 e. The van der Waals surface area contributed by atoms with E-state index in [1.54, 1.807) is 0 Å². The fourth-order valence-corrected chi connectivity index (χ4v) is 3.14. The lowest BCUT2D eigenvalue weighted by Gasteiger charge is -2.14. The molecule has 0 bridgehead atoms. The second-order valence-electron chi connectivity index (χ2n) is 7.18. The molecule has 27 heavy (non-hydrogen) atoms. The largest absolute Gasteiger partial charge is 0.491 e. The molecule has 1 unspecified atom stereocenters. The molecule has 1 rings (SSSR count). The molecule has 0 saturated carbocycles. The van der Waals surface area contributed by atoms with E-state index in [1.807, 2.05) is 30.3 Å². The molecule has 0 amide bonds. The Morgan fingerprint density at radius 1 is 0.852 bits per heavy atom. The summed E-state index contributed by atoms with van der Waals surface area (Å²) in [6.07, 6.45) is 13.7. The lowest BCUT2D eigenvalue weighted by molar-refractivity contribution is -0.151. The number of carbonyl (C=O) groups is 1. The van der Waals surface area contributed by atoms with Gasteiger partial charge in [0.1, 0.15) is 12.4 Å². The molecular formula is C23H38O4. The van der Waals surface area contributed by atoms with Crippen LogP contribution >= 0.6 is 0 Å². The van der Waals surface area contributed by atoms with Crippen molar-refractivity contribution in [2.75, 3.05) is 13.2 Å². The van der Waals surface area contributed by atoms with Crippen molar-refractivity contribution < 1.29 is 19.4 Å². The molecule has 1 aromatic rings. The number of hydrogen-bond donors (Lipinski definition) is 1. The molecule has 0 fully saturated rings. The first-order valence-corrected chi connectivity index (χ1v) is 10.8. The molecular weight excluding hydrogens is 340 g/mol. The van der Waals surface area contributed by atoms with Crippen molar-refractivity contribution in [3.8, 4) is 5.75 Å². The van der Waals surface area contributed by atoms with Crippen molar-refractivity contribution in [3.05, 3.63) is 30.3 Å². The van der Waals surface area contributed by atoms with Gasteiger partial charge in [0.05, 0.1) is 6.61 Å². The zero-order valence-electron chi connectivity index (χ0n) is 17.0. The van der Waals surface area contributed by atoms with Crippen molar-refractivity contribution in [2.45, 2.75) is 90.1 Å². The van der Waals surface area contributed by atoms with Crippen LogP contribution in [0, 0.1) is 0 Å². The summed E-state index contributed by atoms with van der Waals surface area (Å²) in [5.74, 6) is -0.0971. The topological polar surface area (TPSA) is 55.8 Å². The second kappa shape index (κ2) is 16.6. The summed E-state index contributed by atoms with van der Waals surface area (Å²) in [4.78, 5) is 11.3. The van der Waals surface area contributed by atoms with E-state index in [0.717, 1.165) is 18.6 Å². The van der Waals surface area contributed by atoms with Gasteiger partial charge in [0, 0.05) is 0 Å². The van der Waals surface area contributed by atoms with E-state index in [9.17, 15) is 9.90 Å². The van der Waals surface area contributed by atoms with Crippen LogP contribution in [0.2, 0.25) is 0 Å². The number of aliphatic carboxylic acids is 1. The Morgan fingerprint density at radius 2 is 1.41 bits per heavy atom. The number of rotatable bonds is 18. The van der Waals surface area contributed by atoms with Gasteiger partial charge in [0.25, 0.3) is 0 Å². The van der Waals surface area contributed by atoms with Gasteiger partial charge in [-0.1, -0.05) is 95.8 Å². The van der Waals surface area contributed by atoms with E-state index in [1.165, 1.54) is 57.8 Å². The van der Waals surface area contributed by atoms with Crippen LogP contribution in [0.4, 0.5) is 0 Å². The van der Waals surface area contributed by atoms with Crippen LogP contribution in [0.25, 0.3) is 0 Å². The fourth-order valence-electron chi connectivity index (χ4n) is 3.14. The molecule has 4 nitrogen and oxygen atoms in total. The molecule has 0 aliphatic rings. The molecule has 0 saturated heterocycles. The smallest absolute Gasteiger partial charge is 0.332 e. The summed E-state index contributed by atoms with van der Waals surface area (Å²) in [6.45, 7) is 2.91. The van der Waals surface area contributed by atoms with E-state index in [0.29, 0.717) is 19.6 Å². The third-order valence-electron chi connectivity index (χ3n) is 4.76. The van der Waals surface area contributed by atoms with Crippen LogP contribution in [0.15, 0.2) is 30.3 Å². The second-order valence-corrected chi connectivity index (χ2v) is 7.18. The van der Waals surface area contributed by atoms with Gasteiger partial charge in [-0.15, -0.1) is 0 Å². The molecule has 0 aliphatic carbocycles. The summed E-state index contributed by atoms with van der Waals surface area (Å²) in [5.41, 5.74) is 0. The number of carboxylic acids is 1. The van der Waals surface area contributed by atoms with Gasteiger partial charge in [-0.25, -0.2) is 4.79 Å². The van der Waals surface area contributed by atoms with Gasteiger partial charge in [-0.05, 0) is 18.6 Å². The Hall–Kier alpha value is -1.55. The van der Waals surface area contributed by atoms with Crippen LogP contribution < -0.4 is 4.74 Å². The Kier molecular flexibility index (Phi) is 14.5. The van der Waals surface area contributed by atoms with Crippen LogP contribution in [0.5, 0.6) is 5.75 Å². The minimum Gasteiger partial charge on any atom is -0.491 e. The quantitative estimate of drug-likeness (QED) is 0.307. The predicted octanol–water partition coefficient (Wildman–Crippen LogP) is 6.24. The zero-order valence-corrected chi connectivity index (χ0v) is 17.0. The first kappa shape index (κ1) is 23.5. The van der Waals surface area contributed by atoms with Gasteiger partial charge >= 0.3 is 5.97 Å². The Labute approximate surface area is 165 Å². The predicted molar refractivity (Wildman–Crippen MR) is 110 cm³/mol. The minimum atomic E-state index is -0.873. The standard InChI is InChI=1S/C23H38O4/c1-2-3-4-5-6-7-8-9-10-11-15-18-22(23(24)25)27-20-19-26-21-16-13-12-14-17-21/h12-14,16-17,22H,2-11,15,18-20H2,1H3,(H,24,25). The highest BCUT2D eigenvalue weighted by molar-refractivity contribution is 5.72. The van der Waals surface area contributed by atoms with Gasteiger partial charge in [0.15, 0.2) is 6.10 Å². The van der Waals surface area contributed by atoms with E-state index in [4.69, 9.17) is 9.47 Å². The Morgan fingerprint density at radius 3 is 1.96 bits per heavy atom. The number of benzene rings is 1. The normalized spacial score (nSPS) is 12.0. The fraction of sp³-hybridized carbons (Fsp3) is 0.696. The minimum absolute atomic E-state index is 0.296. The summed E-state index contributed by atoms with van der Waals surface area (Å²) < 4.78 is 11.0. The zero-order chi connectivity index (χ0) is 19.6. The summed E-state index contributed by atoms with van der Waals surface area (Å²) in [5, 5.41) is 9.29. The van der Waals surface area contributed by atoms with Crippen molar-refractivity contribution in [1.29, 1.82) is 0 Å². The molecule has 1 atom stereocenters. The van der Waals surface area contributed by atoms with Gasteiger partial charge in [0.2, 0.25) is 0 Å². The van der Waals surface area contributed by atoms with Crippen molar-refractivity contribution in [1.82, 2.24) is 0 Å². The van der Waals surface area contributed by atoms with E-state index >= 15 is 0 Å². The van der Waals surface area contributed by atoms with Crippen LogP contribution in [0.3, 0.4) is 0 Å². The monoisotopic (exact) mass is 378 g/mol. The van der Waals surface area contributed by atoms with E-state index in [-0.39, 0.29) is 0 Å². The van der Waals surface area contributed by atoms with Crippen molar-refractivity contribution in [2.24, 2.45) is 0 Å². The molecule has 154 valence electrons. The average molecular weight is 379 g/mol. The maximum absolute atomic E-state index is 11.3. The molecule has 1 aromatic carbocycles. The van der Waals surface area contributed by atoms with Crippen LogP contribution in [0.1, 0.15) is 84.0 Å². The van der Waals surface area contributed by atoms with Gasteiger partial charge < -0.3 is 14.6 Å². The summed E-state index contributed by atoms with van der Waals surface area (Å²) in [7, 11) is 0. The molecule has 0 radical (unpaired) electrons. The Balaban J connectivity index is 1.97. The molecule has 0 aromatic heterocycles. The van der Waals surface area contributed by atoms with Crippen LogP contribution in [-0.2, 0) is 9.53 Å².